The normalized spacial score (nSPS) is 16.2. The van der Waals surface area contributed by atoms with Gasteiger partial charge in [0.1, 0.15) is 8.07 Å². The Hall–Kier alpha value is -3.97. The van der Waals surface area contributed by atoms with Crippen molar-refractivity contribution in [3.8, 4) is 17.2 Å². The third-order valence-corrected chi connectivity index (χ3v) is 16.3. The number of hydrogen-bond donors (Lipinski definition) is 1. The first-order chi connectivity index (χ1) is 22.2. The number of hydrogen-bond acceptors (Lipinski definition) is 7. The Morgan fingerprint density at radius 2 is 1.52 bits per heavy atom. The Morgan fingerprint density at radius 3 is 2.11 bits per heavy atom. The quantitative estimate of drug-likeness (QED) is 0.173. The molecule has 0 radical (unpaired) electrons. The second-order valence-electron chi connectivity index (χ2n) is 13.5. The number of rotatable bonds is 8. The summed E-state index contributed by atoms with van der Waals surface area (Å²) in [6.45, 7) is 19.7. The predicted octanol–water partition coefficient (Wildman–Crippen LogP) is 6.61. The number of aromatic nitrogens is 3. The monoisotopic (exact) mass is 634 g/mol. The molecule has 6 rings (SSSR count). The fraction of sp³-hybridized carbons (Fsp3) is 0.432. The van der Waals surface area contributed by atoms with Gasteiger partial charge in [0, 0.05) is 55.4 Å². The molecule has 2 aromatic heterocycles. The zero-order chi connectivity index (χ0) is 32.4. The molecule has 2 saturated heterocycles. The molecule has 2 fully saturated rings. The van der Waals surface area contributed by atoms with Crippen LogP contribution in [0.1, 0.15) is 47.1 Å². The van der Waals surface area contributed by atoms with Crippen LogP contribution < -0.4 is 15.8 Å². The molecule has 0 atom stereocenters. The predicted molar refractivity (Wildman–Crippen MR) is 191 cm³/mol. The SMILES string of the molecule is CC(C)[Si](C#Cc1cc(=O)n(-c2ccccc2)c2nc(Nc3ccc(N4CCN(C5COC5)CC4)cc3)ncc12)(C(C)C)C(C)C. The van der Waals surface area contributed by atoms with Gasteiger partial charge in [-0.25, -0.2) is 4.98 Å². The van der Waals surface area contributed by atoms with Gasteiger partial charge in [0.2, 0.25) is 5.95 Å². The van der Waals surface area contributed by atoms with Crippen LogP contribution in [-0.4, -0.2) is 72.9 Å². The van der Waals surface area contributed by atoms with Crippen LogP contribution in [-0.2, 0) is 4.74 Å². The molecule has 0 aliphatic carbocycles. The molecule has 2 aliphatic heterocycles. The van der Waals surface area contributed by atoms with Crippen LogP contribution >= 0.6 is 0 Å². The van der Waals surface area contributed by atoms with Crippen molar-refractivity contribution in [1.82, 2.24) is 19.4 Å². The number of nitrogens with zero attached hydrogens (tertiary/aromatic N) is 5. The Bertz CT molecular complexity index is 1760. The Kier molecular flexibility index (Phi) is 9.32. The lowest BCUT2D eigenvalue weighted by Gasteiger charge is -2.43. The number of pyridine rings is 1. The third kappa shape index (κ3) is 6.22. The van der Waals surface area contributed by atoms with Crippen molar-refractivity contribution in [3.05, 3.63) is 82.8 Å². The van der Waals surface area contributed by atoms with Crippen LogP contribution in [0.25, 0.3) is 16.7 Å². The van der Waals surface area contributed by atoms with Crippen molar-refractivity contribution in [1.29, 1.82) is 0 Å². The Morgan fingerprint density at radius 1 is 0.870 bits per heavy atom. The van der Waals surface area contributed by atoms with Crippen LogP contribution in [0.2, 0.25) is 16.6 Å². The highest BCUT2D eigenvalue weighted by molar-refractivity contribution is 6.90. The average molecular weight is 635 g/mol. The number of nitrogens with one attached hydrogen (secondary N) is 1. The summed E-state index contributed by atoms with van der Waals surface area (Å²) in [5.41, 5.74) is 9.17. The Labute approximate surface area is 273 Å². The maximum absolute atomic E-state index is 13.7. The standard InChI is InChI=1S/C37H46N6O2Si/c1-26(2)46(27(3)4,28(5)6)21-16-29-22-35(44)43(32-10-8-7-9-11-32)36-34(29)23-38-37(40-36)39-30-12-14-31(15-13-30)41-17-19-42(20-18-41)33-24-45-25-33/h7-15,22-23,26-28,33H,17-20,24-25H2,1-6H3,(H,38,39,40). The summed E-state index contributed by atoms with van der Waals surface area (Å²) in [5, 5.41) is 4.14. The first-order valence-electron chi connectivity index (χ1n) is 16.6. The van der Waals surface area contributed by atoms with Gasteiger partial charge in [0.05, 0.1) is 30.3 Å². The highest BCUT2D eigenvalue weighted by Gasteiger charge is 2.41. The van der Waals surface area contributed by atoms with Crippen LogP contribution in [0.15, 0.2) is 71.7 Å². The smallest absolute Gasteiger partial charge is 0.258 e. The van der Waals surface area contributed by atoms with E-state index in [1.54, 1.807) is 16.8 Å². The van der Waals surface area contributed by atoms with Crippen LogP contribution in [0.4, 0.5) is 17.3 Å². The lowest BCUT2D eigenvalue weighted by Crippen LogP contribution is -2.56. The van der Waals surface area contributed by atoms with Crippen molar-refractivity contribution in [2.75, 3.05) is 49.6 Å². The van der Waals surface area contributed by atoms with Crippen LogP contribution in [0.3, 0.4) is 0 Å². The minimum atomic E-state index is -2.01. The maximum atomic E-state index is 13.7. The van der Waals surface area contributed by atoms with Gasteiger partial charge in [-0.3, -0.25) is 14.3 Å². The van der Waals surface area contributed by atoms with E-state index in [0.29, 0.717) is 39.8 Å². The molecule has 0 amide bonds. The van der Waals surface area contributed by atoms with Crippen LogP contribution in [0, 0.1) is 11.5 Å². The van der Waals surface area contributed by atoms with Crippen molar-refractivity contribution in [2.24, 2.45) is 0 Å². The first kappa shape index (κ1) is 32.0. The highest BCUT2D eigenvalue weighted by Crippen LogP contribution is 2.41. The summed E-state index contributed by atoms with van der Waals surface area (Å²) in [6, 6.07) is 20.3. The summed E-state index contributed by atoms with van der Waals surface area (Å²) < 4.78 is 7.03. The van der Waals surface area contributed by atoms with E-state index < -0.39 is 8.07 Å². The largest absolute Gasteiger partial charge is 0.378 e. The summed E-state index contributed by atoms with van der Waals surface area (Å²) in [5.74, 6) is 3.93. The van der Waals surface area contributed by atoms with Gasteiger partial charge in [-0.2, -0.15) is 4.98 Å². The molecule has 4 heterocycles. The van der Waals surface area contributed by atoms with Gasteiger partial charge < -0.3 is 15.0 Å². The Balaban J connectivity index is 1.32. The fourth-order valence-electron chi connectivity index (χ4n) is 7.37. The van der Waals surface area contributed by atoms with Crippen molar-refractivity contribution in [3.63, 3.8) is 0 Å². The molecule has 46 heavy (non-hydrogen) atoms. The molecule has 0 spiro atoms. The van der Waals surface area contributed by atoms with E-state index >= 15 is 0 Å². The van der Waals surface area contributed by atoms with Crippen molar-refractivity contribution in [2.45, 2.75) is 64.2 Å². The van der Waals surface area contributed by atoms with Gasteiger partial charge in [-0.1, -0.05) is 65.7 Å². The van der Waals surface area contributed by atoms with E-state index in [-0.39, 0.29) is 5.56 Å². The third-order valence-electron chi connectivity index (χ3n) is 9.99. The van der Waals surface area contributed by atoms with Crippen LogP contribution in [0.5, 0.6) is 0 Å². The second kappa shape index (κ2) is 13.4. The number of ether oxygens (including phenoxy) is 1. The number of fused-ring (bicyclic) bond motifs is 1. The topological polar surface area (TPSA) is 75.5 Å². The van der Waals surface area contributed by atoms with E-state index in [0.717, 1.165) is 56.2 Å². The van der Waals surface area contributed by atoms with E-state index in [1.807, 2.05) is 30.3 Å². The first-order valence-corrected chi connectivity index (χ1v) is 18.9. The molecule has 0 bridgehead atoms. The molecule has 1 N–H and O–H groups in total. The van der Waals surface area contributed by atoms with Crippen molar-refractivity contribution < 1.29 is 4.74 Å². The molecule has 2 aromatic carbocycles. The van der Waals surface area contributed by atoms with Gasteiger partial charge in [0.15, 0.2) is 5.65 Å². The summed E-state index contributed by atoms with van der Waals surface area (Å²) >= 11 is 0. The fourth-order valence-corrected chi connectivity index (χ4v) is 12.6. The lowest BCUT2D eigenvalue weighted by atomic mass is 10.1. The van der Waals surface area contributed by atoms with Gasteiger partial charge >= 0.3 is 0 Å². The highest BCUT2D eigenvalue weighted by atomic mass is 28.3. The van der Waals surface area contributed by atoms with Gasteiger partial charge in [-0.05, 0) is 53.0 Å². The summed E-state index contributed by atoms with van der Waals surface area (Å²) in [6.07, 6.45) is 1.80. The molecular weight excluding hydrogens is 589 g/mol. The molecule has 0 unspecified atom stereocenters. The number of para-hydroxylation sites is 1. The second-order valence-corrected chi connectivity index (χ2v) is 19.1. The van der Waals surface area contributed by atoms with E-state index in [9.17, 15) is 4.79 Å². The van der Waals surface area contributed by atoms with Gasteiger partial charge in [-0.15, -0.1) is 5.54 Å². The van der Waals surface area contributed by atoms with Gasteiger partial charge in [0.25, 0.3) is 5.56 Å². The maximum Gasteiger partial charge on any atom is 0.258 e. The molecular formula is C37H46N6O2Si. The number of piperazine rings is 1. The molecule has 9 heteroatoms. The van der Waals surface area contributed by atoms with E-state index in [1.165, 1.54) is 5.69 Å². The molecule has 8 nitrogen and oxygen atoms in total. The molecule has 4 aromatic rings. The average Bonchev–Trinajstić information content (AvgIpc) is 3.01. The number of anilines is 3. The summed E-state index contributed by atoms with van der Waals surface area (Å²) in [4.78, 5) is 28.3. The zero-order valence-electron chi connectivity index (χ0n) is 28.0. The lowest BCUT2D eigenvalue weighted by molar-refractivity contribution is -0.0660. The molecule has 0 saturated carbocycles. The minimum absolute atomic E-state index is 0.159. The van der Waals surface area contributed by atoms with Crippen molar-refractivity contribution >= 4 is 36.4 Å². The van der Waals surface area contributed by atoms with E-state index in [4.69, 9.17) is 14.7 Å². The summed E-state index contributed by atoms with van der Waals surface area (Å²) in [7, 11) is -2.01. The molecule has 240 valence electrons. The number of benzene rings is 2. The van der Waals surface area contributed by atoms with E-state index in [2.05, 4.69) is 92.4 Å². The molecule has 2 aliphatic rings. The zero-order valence-corrected chi connectivity index (χ0v) is 29.0. The minimum Gasteiger partial charge on any atom is -0.378 e.